The van der Waals surface area contributed by atoms with Crippen LogP contribution in [0.4, 0.5) is 0 Å². The van der Waals surface area contributed by atoms with E-state index in [4.69, 9.17) is 5.11 Å². The van der Waals surface area contributed by atoms with Crippen molar-refractivity contribution < 1.29 is 14.7 Å². The van der Waals surface area contributed by atoms with Gasteiger partial charge >= 0.3 is 5.97 Å². The van der Waals surface area contributed by atoms with Crippen LogP contribution in [0.1, 0.15) is 43.7 Å². The van der Waals surface area contributed by atoms with Crippen LogP contribution in [-0.2, 0) is 9.59 Å². The minimum atomic E-state index is -0.903. The van der Waals surface area contributed by atoms with E-state index < -0.39 is 5.97 Å². The Morgan fingerprint density at radius 1 is 1.21 bits per heavy atom. The normalized spacial score (nSPS) is 13.6. The topological polar surface area (TPSA) is 66.4 Å². The van der Waals surface area contributed by atoms with Crippen molar-refractivity contribution >= 4 is 11.9 Å². The fraction of sp³-hybridized carbons (Fsp3) is 0.467. The summed E-state index contributed by atoms with van der Waals surface area (Å²) in [5.41, 5.74) is 2.32. The Kier molecular flexibility index (Phi) is 5.55. The smallest absolute Gasteiger partial charge is 0.305 e. The first-order valence-corrected chi connectivity index (χ1v) is 6.46. The van der Waals surface area contributed by atoms with Crippen molar-refractivity contribution in [3.05, 3.63) is 35.4 Å². The molecule has 0 aliphatic rings. The van der Waals surface area contributed by atoms with Crippen LogP contribution in [0, 0.1) is 6.92 Å². The molecule has 0 saturated heterocycles. The fourth-order valence-corrected chi connectivity index (χ4v) is 2.17. The Morgan fingerprint density at radius 2 is 1.84 bits per heavy atom. The molecule has 0 heterocycles. The zero-order valence-electron chi connectivity index (χ0n) is 11.6. The van der Waals surface area contributed by atoms with E-state index in [1.54, 1.807) is 6.92 Å². The van der Waals surface area contributed by atoms with Gasteiger partial charge in [-0.15, -0.1) is 0 Å². The van der Waals surface area contributed by atoms with E-state index in [0.29, 0.717) is 6.42 Å². The molecule has 1 aromatic carbocycles. The first-order valence-electron chi connectivity index (χ1n) is 6.46. The van der Waals surface area contributed by atoms with Crippen molar-refractivity contribution in [2.24, 2.45) is 0 Å². The van der Waals surface area contributed by atoms with Crippen molar-refractivity contribution in [2.75, 3.05) is 0 Å². The number of nitrogens with one attached hydrogen (secondary N) is 1. The number of aliphatic carboxylic acids is 1. The number of hydrogen-bond donors (Lipinski definition) is 2. The number of benzene rings is 1. The average Bonchev–Trinajstić information content (AvgIpc) is 2.27. The van der Waals surface area contributed by atoms with Gasteiger partial charge in [0, 0.05) is 12.5 Å². The van der Waals surface area contributed by atoms with E-state index in [1.807, 2.05) is 38.1 Å². The van der Waals surface area contributed by atoms with Crippen molar-refractivity contribution in [1.82, 2.24) is 5.32 Å². The van der Waals surface area contributed by atoms with Crippen LogP contribution in [0.25, 0.3) is 0 Å². The van der Waals surface area contributed by atoms with Crippen molar-refractivity contribution in [1.29, 1.82) is 0 Å². The Morgan fingerprint density at radius 3 is 2.42 bits per heavy atom. The number of carbonyl (C=O) groups excluding carboxylic acids is 1. The third kappa shape index (κ3) is 5.12. The minimum absolute atomic E-state index is 0.0511. The molecule has 2 unspecified atom stereocenters. The highest BCUT2D eigenvalue weighted by Crippen LogP contribution is 2.22. The van der Waals surface area contributed by atoms with Gasteiger partial charge in [0.15, 0.2) is 0 Å². The monoisotopic (exact) mass is 263 g/mol. The van der Waals surface area contributed by atoms with Gasteiger partial charge in [-0.2, -0.15) is 0 Å². The Bertz CT molecular complexity index is 456. The predicted octanol–water partition coefficient (Wildman–Crippen LogP) is 2.47. The lowest BCUT2D eigenvalue weighted by atomic mass is 9.93. The molecule has 0 bridgehead atoms. The molecule has 1 amide bonds. The van der Waals surface area contributed by atoms with E-state index in [9.17, 15) is 9.59 Å². The Hall–Kier alpha value is -1.84. The molecule has 2 N–H and O–H groups in total. The van der Waals surface area contributed by atoms with Gasteiger partial charge in [-0.3, -0.25) is 9.59 Å². The largest absolute Gasteiger partial charge is 0.481 e. The Labute approximate surface area is 113 Å². The highest BCUT2D eigenvalue weighted by molar-refractivity contribution is 5.78. The van der Waals surface area contributed by atoms with Gasteiger partial charge in [0.25, 0.3) is 0 Å². The lowest BCUT2D eigenvalue weighted by Crippen LogP contribution is -2.34. The van der Waals surface area contributed by atoms with E-state index in [0.717, 1.165) is 5.56 Å². The predicted molar refractivity (Wildman–Crippen MR) is 74.1 cm³/mol. The van der Waals surface area contributed by atoms with Crippen LogP contribution in [-0.4, -0.2) is 23.0 Å². The number of amides is 1. The van der Waals surface area contributed by atoms with Crippen LogP contribution < -0.4 is 5.32 Å². The standard InChI is InChI=1S/C15H21NO3/c1-10-6-4-5-7-13(10)11(2)8-14(17)16-12(3)9-15(18)19/h4-7,11-12H,8-9H2,1-3H3,(H,16,17)(H,18,19). The van der Waals surface area contributed by atoms with Crippen LogP contribution in [0.5, 0.6) is 0 Å². The molecule has 0 aliphatic carbocycles. The number of rotatable bonds is 6. The molecule has 0 fully saturated rings. The van der Waals surface area contributed by atoms with Gasteiger partial charge in [-0.05, 0) is 30.9 Å². The Balaban J connectivity index is 2.53. The lowest BCUT2D eigenvalue weighted by molar-refractivity contribution is -0.137. The summed E-state index contributed by atoms with van der Waals surface area (Å²) in [6.45, 7) is 5.73. The van der Waals surface area contributed by atoms with Crippen LogP contribution in [0.3, 0.4) is 0 Å². The van der Waals surface area contributed by atoms with Gasteiger partial charge in [-0.25, -0.2) is 0 Å². The molecule has 4 nitrogen and oxygen atoms in total. The van der Waals surface area contributed by atoms with Crippen LogP contribution in [0.15, 0.2) is 24.3 Å². The SMILES string of the molecule is Cc1ccccc1C(C)CC(=O)NC(C)CC(=O)O. The van der Waals surface area contributed by atoms with Gasteiger partial charge in [-0.1, -0.05) is 31.2 Å². The zero-order chi connectivity index (χ0) is 14.4. The molecule has 1 aromatic rings. The summed E-state index contributed by atoms with van der Waals surface area (Å²) >= 11 is 0. The average molecular weight is 263 g/mol. The molecule has 0 aliphatic heterocycles. The number of carbonyl (C=O) groups is 2. The molecular formula is C15H21NO3. The second-order valence-electron chi connectivity index (χ2n) is 5.03. The molecule has 0 spiro atoms. The molecule has 4 heteroatoms. The molecular weight excluding hydrogens is 242 g/mol. The third-order valence-corrected chi connectivity index (χ3v) is 3.10. The van der Waals surface area contributed by atoms with Crippen molar-refractivity contribution in [3.63, 3.8) is 0 Å². The van der Waals surface area contributed by atoms with Gasteiger partial charge in [0.1, 0.15) is 0 Å². The molecule has 104 valence electrons. The highest BCUT2D eigenvalue weighted by Gasteiger charge is 2.15. The summed E-state index contributed by atoms with van der Waals surface area (Å²) in [5.74, 6) is -0.887. The second-order valence-corrected chi connectivity index (χ2v) is 5.03. The molecule has 0 saturated carbocycles. The summed E-state index contributed by atoms with van der Waals surface area (Å²) in [5, 5.41) is 11.4. The van der Waals surface area contributed by atoms with Gasteiger partial charge < -0.3 is 10.4 Å². The molecule has 1 rings (SSSR count). The van der Waals surface area contributed by atoms with Crippen LogP contribution >= 0.6 is 0 Å². The highest BCUT2D eigenvalue weighted by atomic mass is 16.4. The molecule has 0 radical (unpaired) electrons. The summed E-state index contributed by atoms with van der Waals surface area (Å²) in [7, 11) is 0. The number of carboxylic acid groups (broad SMARTS) is 1. The van der Waals surface area contributed by atoms with E-state index >= 15 is 0 Å². The van der Waals surface area contributed by atoms with E-state index in [1.165, 1.54) is 5.56 Å². The number of carboxylic acids is 1. The molecule has 19 heavy (non-hydrogen) atoms. The minimum Gasteiger partial charge on any atom is -0.481 e. The summed E-state index contributed by atoms with van der Waals surface area (Å²) in [4.78, 5) is 22.4. The maximum atomic E-state index is 11.8. The first kappa shape index (κ1) is 15.2. The first-order chi connectivity index (χ1) is 8.90. The lowest BCUT2D eigenvalue weighted by Gasteiger charge is -2.16. The second kappa shape index (κ2) is 6.92. The third-order valence-electron chi connectivity index (χ3n) is 3.10. The van der Waals surface area contributed by atoms with E-state index in [-0.39, 0.29) is 24.3 Å². The quantitative estimate of drug-likeness (QED) is 0.828. The maximum absolute atomic E-state index is 11.8. The van der Waals surface area contributed by atoms with E-state index in [2.05, 4.69) is 5.32 Å². The summed E-state index contributed by atoms with van der Waals surface area (Å²) < 4.78 is 0. The molecule has 2 atom stereocenters. The van der Waals surface area contributed by atoms with Crippen LogP contribution in [0.2, 0.25) is 0 Å². The maximum Gasteiger partial charge on any atom is 0.305 e. The summed E-state index contributed by atoms with van der Waals surface area (Å²) in [6.07, 6.45) is 0.319. The molecule has 0 aromatic heterocycles. The number of aryl methyl sites for hydroxylation is 1. The summed E-state index contributed by atoms with van der Waals surface area (Å²) in [6, 6.07) is 7.64. The fourth-order valence-electron chi connectivity index (χ4n) is 2.17. The zero-order valence-corrected chi connectivity index (χ0v) is 11.6. The number of hydrogen-bond acceptors (Lipinski definition) is 2. The van der Waals surface area contributed by atoms with Crippen molar-refractivity contribution in [2.45, 2.75) is 45.6 Å². The van der Waals surface area contributed by atoms with Gasteiger partial charge in [0.2, 0.25) is 5.91 Å². The van der Waals surface area contributed by atoms with Gasteiger partial charge in [0.05, 0.1) is 6.42 Å². The van der Waals surface area contributed by atoms with Crippen molar-refractivity contribution in [3.8, 4) is 0 Å².